The maximum atomic E-state index is 11.8. The smallest absolute Gasteiger partial charge is 0.337 e. The summed E-state index contributed by atoms with van der Waals surface area (Å²) in [6.45, 7) is 1.90. The van der Waals surface area contributed by atoms with Gasteiger partial charge in [0.1, 0.15) is 17.4 Å². The zero-order valence-corrected chi connectivity index (χ0v) is 14.5. The van der Waals surface area contributed by atoms with Crippen molar-refractivity contribution < 1.29 is 14.6 Å². The highest BCUT2D eigenvalue weighted by atomic mass is 16.5. The first-order chi connectivity index (χ1) is 12.5. The molecule has 0 saturated carbocycles. The molecule has 1 aromatic carbocycles. The van der Waals surface area contributed by atoms with Crippen LogP contribution in [0.1, 0.15) is 23.1 Å². The predicted octanol–water partition coefficient (Wildman–Crippen LogP) is 1.64. The second-order valence-electron chi connectivity index (χ2n) is 5.98. The van der Waals surface area contributed by atoms with Crippen molar-refractivity contribution >= 4 is 33.7 Å². The van der Waals surface area contributed by atoms with E-state index in [1.54, 1.807) is 25.1 Å². The van der Waals surface area contributed by atoms with Crippen LogP contribution in [0.4, 0.5) is 5.82 Å². The Morgan fingerprint density at radius 2 is 2.19 bits per heavy atom. The number of carbonyl (C=O) groups is 1. The molecular formula is C17H19N5O4. The number of imidazole rings is 1. The molecule has 0 amide bonds. The molecule has 0 aliphatic rings. The number of nitrogens with two attached hydrogens (primary N) is 1. The maximum absolute atomic E-state index is 11.8. The SMILES string of the molecule is COC(=O)c1ccc2c(c1)nc(N)c1nc(CCO)n(CC(C)N=O)c12. The van der Waals surface area contributed by atoms with Gasteiger partial charge in [-0.05, 0) is 25.1 Å². The molecule has 3 N–H and O–H groups in total. The fraction of sp³-hybridized carbons (Fsp3) is 0.353. The molecule has 3 aromatic rings. The minimum absolute atomic E-state index is 0.0933. The van der Waals surface area contributed by atoms with Gasteiger partial charge in [0.2, 0.25) is 0 Å². The van der Waals surface area contributed by atoms with Crippen LogP contribution in [-0.4, -0.2) is 45.4 Å². The molecule has 3 rings (SSSR count). The zero-order chi connectivity index (χ0) is 18.8. The van der Waals surface area contributed by atoms with Crippen molar-refractivity contribution in [3.8, 4) is 0 Å². The molecule has 0 fully saturated rings. The third-order valence-corrected chi connectivity index (χ3v) is 4.17. The molecule has 0 bridgehead atoms. The Morgan fingerprint density at radius 3 is 2.85 bits per heavy atom. The van der Waals surface area contributed by atoms with Crippen molar-refractivity contribution in [1.82, 2.24) is 14.5 Å². The lowest BCUT2D eigenvalue weighted by molar-refractivity contribution is 0.0601. The summed E-state index contributed by atoms with van der Waals surface area (Å²) in [7, 11) is 1.31. The Morgan fingerprint density at radius 1 is 1.42 bits per heavy atom. The van der Waals surface area contributed by atoms with Gasteiger partial charge in [0.15, 0.2) is 5.82 Å². The third-order valence-electron chi connectivity index (χ3n) is 4.17. The topological polar surface area (TPSA) is 133 Å². The highest BCUT2D eigenvalue weighted by Gasteiger charge is 2.19. The number of pyridine rings is 1. The second-order valence-corrected chi connectivity index (χ2v) is 5.98. The Balaban J connectivity index is 2.32. The van der Waals surface area contributed by atoms with Gasteiger partial charge in [0.25, 0.3) is 0 Å². The Hall–Kier alpha value is -3.07. The number of ether oxygens (including phenoxy) is 1. The van der Waals surface area contributed by atoms with E-state index < -0.39 is 12.0 Å². The van der Waals surface area contributed by atoms with Crippen molar-refractivity contribution in [1.29, 1.82) is 0 Å². The van der Waals surface area contributed by atoms with Gasteiger partial charge in [-0.15, -0.1) is 0 Å². The number of esters is 1. The number of fused-ring (bicyclic) bond motifs is 3. The second kappa shape index (κ2) is 7.04. The van der Waals surface area contributed by atoms with Crippen molar-refractivity contribution in [2.45, 2.75) is 25.9 Å². The Bertz CT molecular complexity index is 998. The van der Waals surface area contributed by atoms with E-state index in [4.69, 9.17) is 10.5 Å². The van der Waals surface area contributed by atoms with Gasteiger partial charge in [-0.1, -0.05) is 5.18 Å². The van der Waals surface area contributed by atoms with Crippen LogP contribution in [-0.2, 0) is 17.7 Å². The number of aliphatic hydroxyl groups excluding tert-OH is 1. The highest BCUT2D eigenvalue weighted by Crippen LogP contribution is 2.30. The zero-order valence-electron chi connectivity index (χ0n) is 14.5. The summed E-state index contributed by atoms with van der Waals surface area (Å²) in [6.07, 6.45) is 0.307. The van der Waals surface area contributed by atoms with Gasteiger partial charge >= 0.3 is 5.97 Å². The van der Waals surface area contributed by atoms with Crippen molar-refractivity contribution in [2.24, 2.45) is 5.18 Å². The molecule has 0 aliphatic heterocycles. The predicted molar refractivity (Wildman–Crippen MR) is 96.8 cm³/mol. The van der Waals surface area contributed by atoms with Crippen LogP contribution < -0.4 is 5.73 Å². The molecule has 9 heteroatoms. The van der Waals surface area contributed by atoms with Crippen LogP contribution in [0.2, 0.25) is 0 Å². The van der Waals surface area contributed by atoms with Crippen LogP contribution in [0.3, 0.4) is 0 Å². The molecular weight excluding hydrogens is 338 g/mol. The molecule has 9 nitrogen and oxygen atoms in total. The van der Waals surface area contributed by atoms with Crippen LogP contribution in [0.5, 0.6) is 0 Å². The average Bonchev–Trinajstić information content (AvgIpc) is 3.00. The van der Waals surface area contributed by atoms with E-state index in [1.165, 1.54) is 7.11 Å². The number of benzene rings is 1. The molecule has 26 heavy (non-hydrogen) atoms. The maximum Gasteiger partial charge on any atom is 0.337 e. The van der Waals surface area contributed by atoms with Gasteiger partial charge in [-0.3, -0.25) is 0 Å². The van der Waals surface area contributed by atoms with Crippen molar-refractivity contribution in [2.75, 3.05) is 19.5 Å². The lowest BCUT2D eigenvalue weighted by atomic mass is 10.1. The van der Waals surface area contributed by atoms with Crippen LogP contribution >= 0.6 is 0 Å². The lowest BCUT2D eigenvalue weighted by Gasteiger charge is -2.12. The minimum Gasteiger partial charge on any atom is -0.465 e. The number of nitrogen functional groups attached to an aromatic ring is 1. The monoisotopic (exact) mass is 357 g/mol. The van der Waals surface area contributed by atoms with E-state index in [9.17, 15) is 14.8 Å². The van der Waals surface area contributed by atoms with Gasteiger partial charge < -0.3 is 20.1 Å². The largest absolute Gasteiger partial charge is 0.465 e. The number of nitrogens with zero attached hydrogens (tertiary/aromatic N) is 4. The van der Waals surface area contributed by atoms with Gasteiger partial charge in [-0.25, -0.2) is 14.8 Å². The average molecular weight is 357 g/mol. The summed E-state index contributed by atoms with van der Waals surface area (Å²) in [5.74, 6) is 0.329. The summed E-state index contributed by atoms with van der Waals surface area (Å²) in [6, 6.07) is 4.50. The molecule has 0 aliphatic carbocycles. The van der Waals surface area contributed by atoms with Gasteiger partial charge in [0.05, 0.1) is 30.3 Å². The number of rotatable bonds is 6. The summed E-state index contributed by atoms with van der Waals surface area (Å²) in [4.78, 5) is 31.5. The highest BCUT2D eigenvalue weighted by molar-refractivity contribution is 6.08. The number of anilines is 1. The first-order valence-electron chi connectivity index (χ1n) is 8.10. The first kappa shape index (κ1) is 17.7. The van der Waals surface area contributed by atoms with Crippen LogP contribution in [0, 0.1) is 4.91 Å². The third kappa shape index (κ3) is 2.97. The molecule has 1 unspecified atom stereocenters. The van der Waals surface area contributed by atoms with Crippen molar-refractivity contribution in [3.05, 3.63) is 34.5 Å². The summed E-state index contributed by atoms with van der Waals surface area (Å²) in [5.41, 5.74) is 8.13. The standard InChI is InChI=1S/C17H19N5O4/c1-9(21-25)8-22-13(5-6-23)20-14-15(22)11-4-3-10(17(24)26-2)7-12(11)19-16(14)18/h3-4,7,9,23H,5-6,8H2,1-2H3,(H2,18,19). The molecule has 1 atom stereocenters. The van der Waals surface area contributed by atoms with Gasteiger partial charge in [-0.2, -0.15) is 4.91 Å². The minimum atomic E-state index is -0.483. The number of hydrogen-bond acceptors (Lipinski definition) is 8. The molecule has 2 heterocycles. The van der Waals surface area contributed by atoms with Gasteiger partial charge in [0, 0.05) is 18.4 Å². The summed E-state index contributed by atoms with van der Waals surface area (Å²) in [5, 5.41) is 13.1. The van der Waals surface area contributed by atoms with E-state index >= 15 is 0 Å². The van der Waals surface area contributed by atoms with E-state index in [-0.39, 0.29) is 12.4 Å². The van der Waals surface area contributed by atoms with E-state index in [1.807, 2.05) is 4.57 Å². The van der Waals surface area contributed by atoms with Crippen LogP contribution in [0.25, 0.3) is 21.9 Å². The van der Waals surface area contributed by atoms with Crippen molar-refractivity contribution in [3.63, 3.8) is 0 Å². The Labute approximate surface area is 148 Å². The van der Waals surface area contributed by atoms with E-state index in [0.29, 0.717) is 40.9 Å². The number of hydrogen-bond donors (Lipinski definition) is 2. The fourth-order valence-electron chi connectivity index (χ4n) is 2.99. The lowest BCUT2D eigenvalue weighted by Crippen LogP contribution is -2.14. The molecule has 0 spiro atoms. The molecule has 0 radical (unpaired) electrons. The number of aliphatic hydroxyl groups is 1. The van der Waals surface area contributed by atoms with Crippen LogP contribution in [0.15, 0.2) is 23.4 Å². The quantitative estimate of drug-likeness (QED) is 0.506. The molecule has 2 aromatic heterocycles. The first-order valence-corrected chi connectivity index (χ1v) is 8.10. The molecule has 0 saturated heterocycles. The number of nitroso groups, excluding NO2 is 1. The molecule has 136 valence electrons. The number of methoxy groups -OCH3 is 1. The Kier molecular flexibility index (Phi) is 4.81. The van der Waals surface area contributed by atoms with E-state index in [2.05, 4.69) is 15.1 Å². The van der Waals surface area contributed by atoms with E-state index in [0.717, 1.165) is 5.39 Å². The summed E-state index contributed by atoms with van der Waals surface area (Å²) >= 11 is 0. The fourth-order valence-corrected chi connectivity index (χ4v) is 2.99. The normalized spacial score (nSPS) is 12.4. The number of carbonyl (C=O) groups excluding carboxylic acids is 1. The number of aromatic nitrogens is 3. The summed E-state index contributed by atoms with van der Waals surface area (Å²) < 4.78 is 6.57.